The molecule has 1 aromatic carbocycles. The molecule has 104 valence electrons. The fraction of sp³-hybridized carbons (Fsp3) is 0.625. The third-order valence-electron chi connectivity index (χ3n) is 4.36. The van der Waals surface area contributed by atoms with Gasteiger partial charge >= 0.3 is 0 Å². The van der Waals surface area contributed by atoms with Crippen LogP contribution < -0.4 is 10.2 Å². The number of hydrogen-bond acceptors (Lipinski definition) is 3. The Kier molecular flexibility index (Phi) is 3.27. The molecule has 3 nitrogen and oxygen atoms in total. The van der Waals surface area contributed by atoms with Gasteiger partial charge in [-0.25, -0.2) is 0 Å². The molecule has 1 N–H and O–H groups in total. The second-order valence-electron chi connectivity index (χ2n) is 6.68. The van der Waals surface area contributed by atoms with Gasteiger partial charge in [0.2, 0.25) is 0 Å². The molecule has 0 aromatic heterocycles. The monoisotopic (exact) mass is 259 g/mol. The van der Waals surface area contributed by atoms with Crippen LogP contribution >= 0.6 is 0 Å². The molecule has 2 heterocycles. The second-order valence-corrected chi connectivity index (χ2v) is 6.68. The molecule has 0 aliphatic carbocycles. The molecule has 0 saturated carbocycles. The molecule has 1 fully saturated rings. The van der Waals surface area contributed by atoms with Crippen LogP contribution in [-0.4, -0.2) is 36.6 Å². The number of anilines is 1. The van der Waals surface area contributed by atoms with Crippen molar-refractivity contribution in [1.29, 1.82) is 0 Å². The largest absolute Gasteiger partial charge is 0.369 e. The van der Waals surface area contributed by atoms with Crippen molar-refractivity contribution in [2.24, 2.45) is 0 Å². The second kappa shape index (κ2) is 4.80. The van der Waals surface area contributed by atoms with Gasteiger partial charge in [-0.15, -0.1) is 0 Å². The highest BCUT2D eigenvalue weighted by Gasteiger charge is 2.30. The molecule has 0 atom stereocenters. The Morgan fingerprint density at radius 2 is 1.79 bits per heavy atom. The van der Waals surface area contributed by atoms with Gasteiger partial charge in [0.25, 0.3) is 0 Å². The number of nitrogens with zero attached hydrogens (tertiary/aromatic N) is 2. The Morgan fingerprint density at radius 1 is 1.05 bits per heavy atom. The van der Waals surface area contributed by atoms with Gasteiger partial charge in [0.15, 0.2) is 0 Å². The van der Waals surface area contributed by atoms with Gasteiger partial charge in [-0.2, -0.15) is 0 Å². The lowest BCUT2D eigenvalue weighted by Crippen LogP contribution is -2.44. The normalized spacial score (nSPS) is 20.7. The SMILES string of the molecule is CC(C)(C)N1Cc2cccc(N3CCNCC3)c2C1. The maximum absolute atomic E-state index is 3.43. The first-order chi connectivity index (χ1) is 9.05. The summed E-state index contributed by atoms with van der Waals surface area (Å²) in [7, 11) is 0. The van der Waals surface area contributed by atoms with Gasteiger partial charge in [-0.3, -0.25) is 4.90 Å². The van der Waals surface area contributed by atoms with Crippen LogP contribution in [-0.2, 0) is 13.1 Å². The van der Waals surface area contributed by atoms with E-state index >= 15 is 0 Å². The Hall–Kier alpha value is -1.06. The van der Waals surface area contributed by atoms with Crippen LogP contribution in [0.4, 0.5) is 5.69 Å². The standard InChI is InChI=1S/C16H25N3/c1-16(2,3)19-11-13-5-4-6-15(14(13)12-19)18-9-7-17-8-10-18/h4-6,17H,7-12H2,1-3H3. The predicted octanol–water partition coefficient (Wildman–Crippen LogP) is 2.21. The Balaban J connectivity index is 1.88. The van der Waals surface area contributed by atoms with E-state index in [4.69, 9.17) is 0 Å². The first-order valence-electron chi connectivity index (χ1n) is 7.37. The number of rotatable bonds is 1. The molecule has 2 aliphatic heterocycles. The van der Waals surface area contributed by atoms with Crippen molar-refractivity contribution in [3.8, 4) is 0 Å². The van der Waals surface area contributed by atoms with Crippen molar-refractivity contribution < 1.29 is 0 Å². The molecule has 0 amide bonds. The minimum absolute atomic E-state index is 0.250. The maximum Gasteiger partial charge on any atom is 0.0416 e. The number of hydrogen-bond donors (Lipinski definition) is 1. The zero-order chi connectivity index (χ0) is 13.5. The van der Waals surface area contributed by atoms with E-state index in [2.05, 4.69) is 54.1 Å². The molecule has 3 heteroatoms. The number of fused-ring (bicyclic) bond motifs is 1. The van der Waals surface area contributed by atoms with E-state index in [-0.39, 0.29) is 5.54 Å². The summed E-state index contributed by atoms with van der Waals surface area (Å²) in [5.74, 6) is 0. The molecule has 2 aliphatic rings. The molecule has 3 rings (SSSR count). The first-order valence-corrected chi connectivity index (χ1v) is 7.37. The third kappa shape index (κ3) is 2.49. The molecule has 1 saturated heterocycles. The van der Waals surface area contributed by atoms with Gasteiger partial charge in [-0.1, -0.05) is 12.1 Å². The van der Waals surface area contributed by atoms with Crippen LogP contribution in [0.25, 0.3) is 0 Å². The summed E-state index contributed by atoms with van der Waals surface area (Å²) in [6, 6.07) is 6.82. The van der Waals surface area contributed by atoms with Crippen molar-refractivity contribution in [3.05, 3.63) is 29.3 Å². The fourth-order valence-corrected chi connectivity index (χ4v) is 3.08. The van der Waals surface area contributed by atoms with E-state index in [0.717, 1.165) is 39.3 Å². The first kappa shape index (κ1) is 12.9. The van der Waals surface area contributed by atoms with E-state index in [1.165, 1.54) is 11.3 Å². The van der Waals surface area contributed by atoms with Crippen LogP contribution in [0.1, 0.15) is 31.9 Å². The number of nitrogens with one attached hydrogen (secondary N) is 1. The highest BCUT2D eigenvalue weighted by Crippen LogP contribution is 2.35. The summed E-state index contributed by atoms with van der Waals surface area (Å²) in [5, 5.41) is 3.43. The van der Waals surface area contributed by atoms with Crippen molar-refractivity contribution >= 4 is 5.69 Å². The van der Waals surface area contributed by atoms with E-state index < -0.39 is 0 Å². The molecular formula is C16H25N3. The summed E-state index contributed by atoms with van der Waals surface area (Å²) < 4.78 is 0. The third-order valence-corrected chi connectivity index (χ3v) is 4.36. The quantitative estimate of drug-likeness (QED) is 0.834. The lowest BCUT2D eigenvalue weighted by molar-refractivity contribution is 0.136. The average Bonchev–Trinajstić information content (AvgIpc) is 2.83. The van der Waals surface area contributed by atoms with E-state index in [0.29, 0.717) is 0 Å². The number of piperazine rings is 1. The number of benzene rings is 1. The molecule has 0 spiro atoms. The zero-order valence-corrected chi connectivity index (χ0v) is 12.4. The molecular weight excluding hydrogens is 234 g/mol. The molecule has 1 aromatic rings. The van der Waals surface area contributed by atoms with Crippen LogP contribution in [0.15, 0.2) is 18.2 Å². The van der Waals surface area contributed by atoms with Gasteiger partial charge < -0.3 is 10.2 Å². The summed E-state index contributed by atoms with van der Waals surface area (Å²) in [6.07, 6.45) is 0. The minimum atomic E-state index is 0.250. The molecule has 19 heavy (non-hydrogen) atoms. The van der Waals surface area contributed by atoms with Crippen LogP contribution in [0.5, 0.6) is 0 Å². The van der Waals surface area contributed by atoms with Crippen LogP contribution in [0.3, 0.4) is 0 Å². The smallest absolute Gasteiger partial charge is 0.0416 e. The van der Waals surface area contributed by atoms with Gasteiger partial charge in [-0.05, 0) is 38.0 Å². The van der Waals surface area contributed by atoms with Crippen molar-refractivity contribution in [3.63, 3.8) is 0 Å². The Labute approximate surface area is 116 Å². The zero-order valence-electron chi connectivity index (χ0n) is 12.4. The van der Waals surface area contributed by atoms with E-state index in [1.807, 2.05) is 0 Å². The van der Waals surface area contributed by atoms with Crippen LogP contribution in [0.2, 0.25) is 0 Å². The van der Waals surface area contributed by atoms with Crippen molar-refractivity contribution in [2.75, 3.05) is 31.1 Å². The summed E-state index contributed by atoms with van der Waals surface area (Å²) in [5.41, 5.74) is 4.79. The molecule has 0 radical (unpaired) electrons. The van der Waals surface area contributed by atoms with Crippen molar-refractivity contribution in [2.45, 2.75) is 39.4 Å². The van der Waals surface area contributed by atoms with E-state index in [1.54, 1.807) is 5.56 Å². The highest BCUT2D eigenvalue weighted by molar-refractivity contribution is 5.58. The summed E-state index contributed by atoms with van der Waals surface area (Å²) in [4.78, 5) is 5.12. The molecule has 0 unspecified atom stereocenters. The predicted molar refractivity (Wildman–Crippen MR) is 80.5 cm³/mol. The topological polar surface area (TPSA) is 18.5 Å². The van der Waals surface area contributed by atoms with Crippen molar-refractivity contribution in [1.82, 2.24) is 10.2 Å². The lowest BCUT2D eigenvalue weighted by Gasteiger charge is -2.33. The lowest BCUT2D eigenvalue weighted by atomic mass is 10.1. The fourth-order valence-electron chi connectivity index (χ4n) is 3.08. The van der Waals surface area contributed by atoms with E-state index in [9.17, 15) is 0 Å². The van der Waals surface area contributed by atoms with Crippen LogP contribution in [0, 0.1) is 0 Å². The van der Waals surface area contributed by atoms with Gasteiger partial charge in [0.05, 0.1) is 0 Å². The Morgan fingerprint density at radius 3 is 2.47 bits per heavy atom. The minimum Gasteiger partial charge on any atom is -0.369 e. The summed E-state index contributed by atoms with van der Waals surface area (Å²) in [6.45, 7) is 13.6. The average molecular weight is 259 g/mol. The highest BCUT2D eigenvalue weighted by atomic mass is 15.2. The Bertz CT molecular complexity index is 456. The van der Waals surface area contributed by atoms with Gasteiger partial charge in [0, 0.05) is 50.5 Å². The molecule has 0 bridgehead atoms. The maximum atomic E-state index is 3.43. The van der Waals surface area contributed by atoms with Gasteiger partial charge in [0.1, 0.15) is 0 Å². The summed E-state index contributed by atoms with van der Waals surface area (Å²) >= 11 is 0.